The number of fused-ring (bicyclic) bond motifs is 1. The van der Waals surface area contributed by atoms with Crippen LogP contribution in [0.25, 0.3) is 10.9 Å². The molecule has 1 atom stereocenters. The summed E-state index contributed by atoms with van der Waals surface area (Å²) in [4.78, 5) is 19.0. The Labute approximate surface area is 122 Å². The lowest BCUT2D eigenvalue weighted by Gasteiger charge is -2.26. The quantitative estimate of drug-likeness (QED) is 0.785. The molecule has 3 rings (SSSR count). The first-order valence-electron chi connectivity index (χ1n) is 7.23. The summed E-state index contributed by atoms with van der Waals surface area (Å²) in [6, 6.07) is 7.18. The van der Waals surface area contributed by atoms with Gasteiger partial charge in [0.25, 0.3) is 5.56 Å². The molecule has 1 fully saturated rings. The van der Waals surface area contributed by atoms with E-state index in [-0.39, 0.29) is 11.5 Å². The lowest BCUT2D eigenvalue weighted by molar-refractivity contribution is 0.0131. The number of aliphatic hydroxyl groups is 1. The van der Waals surface area contributed by atoms with Crippen molar-refractivity contribution in [2.45, 2.75) is 18.9 Å². The minimum Gasteiger partial charge on any atom is -0.391 e. The van der Waals surface area contributed by atoms with E-state index in [1.807, 2.05) is 6.07 Å². The van der Waals surface area contributed by atoms with Crippen LogP contribution in [0.15, 0.2) is 29.1 Å². The molecule has 1 unspecified atom stereocenters. The molecule has 0 saturated carbocycles. The SMILES string of the molecule is O=c1[nH]c(NCC(O)C2CCOCC2)nc2ccccc12. The maximum atomic E-state index is 11.9. The van der Waals surface area contributed by atoms with Gasteiger partial charge >= 0.3 is 0 Å². The summed E-state index contributed by atoms with van der Waals surface area (Å²) in [5, 5.41) is 13.8. The predicted molar refractivity (Wildman–Crippen MR) is 80.4 cm³/mol. The van der Waals surface area contributed by atoms with Crippen molar-refractivity contribution in [1.82, 2.24) is 9.97 Å². The zero-order chi connectivity index (χ0) is 14.7. The monoisotopic (exact) mass is 289 g/mol. The smallest absolute Gasteiger partial charge is 0.260 e. The molecular weight excluding hydrogens is 270 g/mol. The van der Waals surface area contributed by atoms with Gasteiger partial charge in [-0.05, 0) is 30.9 Å². The zero-order valence-corrected chi connectivity index (χ0v) is 11.7. The van der Waals surface area contributed by atoms with Crippen molar-refractivity contribution in [3.05, 3.63) is 34.6 Å². The van der Waals surface area contributed by atoms with Crippen molar-refractivity contribution >= 4 is 16.9 Å². The Hall–Kier alpha value is -1.92. The van der Waals surface area contributed by atoms with Gasteiger partial charge in [0.05, 0.1) is 17.0 Å². The molecule has 0 aliphatic carbocycles. The fourth-order valence-electron chi connectivity index (χ4n) is 2.64. The molecule has 1 aromatic heterocycles. The molecule has 0 radical (unpaired) electrons. The molecule has 0 spiro atoms. The van der Waals surface area contributed by atoms with Crippen molar-refractivity contribution in [2.75, 3.05) is 25.1 Å². The first-order valence-corrected chi connectivity index (χ1v) is 7.23. The number of ether oxygens (including phenoxy) is 1. The van der Waals surface area contributed by atoms with Gasteiger partial charge in [0.1, 0.15) is 0 Å². The molecule has 1 aliphatic rings. The van der Waals surface area contributed by atoms with Gasteiger partial charge in [-0.2, -0.15) is 0 Å². The number of rotatable bonds is 4. The van der Waals surface area contributed by atoms with Gasteiger partial charge in [-0.25, -0.2) is 4.98 Å². The van der Waals surface area contributed by atoms with Crippen LogP contribution in [0.5, 0.6) is 0 Å². The predicted octanol–water partition coefficient (Wildman–Crippen LogP) is 1.12. The molecule has 1 saturated heterocycles. The zero-order valence-electron chi connectivity index (χ0n) is 11.7. The number of nitrogens with one attached hydrogen (secondary N) is 2. The van der Waals surface area contributed by atoms with Gasteiger partial charge in [0.2, 0.25) is 5.95 Å². The second kappa shape index (κ2) is 6.24. The fourth-order valence-corrected chi connectivity index (χ4v) is 2.64. The van der Waals surface area contributed by atoms with Gasteiger partial charge in [-0.3, -0.25) is 9.78 Å². The van der Waals surface area contributed by atoms with Crippen LogP contribution in [0.1, 0.15) is 12.8 Å². The van der Waals surface area contributed by atoms with E-state index < -0.39 is 6.10 Å². The van der Waals surface area contributed by atoms with Crippen LogP contribution in [0.4, 0.5) is 5.95 Å². The number of para-hydroxylation sites is 1. The Kier molecular flexibility index (Phi) is 4.17. The van der Waals surface area contributed by atoms with E-state index in [1.54, 1.807) is 18.2 Å². The Morgan fingerprint density at radius 1 is 1.38 bits per heavy atom. The Morgan fingerprint density at radius 3 is 2.95 bits per heavy atom. The van der Waals surface area contributed by atoms with Crippen LogP contribution >= 0.6 is 0 Å². The molecule has 2 heterocycles. The van der Waals surface area contributed by atoms with Crippen molar-refractivity contribution in [2.24, 2.45) is 5.92 Å². The highest BCUT2D eigenvalue weighted by molar-refractivity contribution is 5.78. The molecular formula is C15H19N3O3. The second-order valence-corrected chi connectivity index (χ2v) is 5.33. The maximum absolute atomic E-state index is 11.9. The molecule has 3 N–H and O–H groups in total. The molecule has 0 bridgehead atoms. The third kappa shape index (κ3) is 3.22. The average Bonchev–Trinajstić information content (AvgIpc) is 2.53. The summed E-state index contributed by atoms with van der Waals surface area (Å²) in [7, 11) is 0. The number of hydrogen-bond acceptors (Lipinski definition) is 5. The number of hydrogen-bond donors (Lipinski definition) is 3. The minimum atomic E-state index is -0.467. The van der Waals surface area contributed by atoms with Gasteiger partial charge in [-0.1, -0.05) is 12.1 Å². The number of H-pyrrole nitrogens is 1. The highest BCUT2D eigenvalue weighted by Gasteiger charge is 2.22. The van der Waals surface area contributed by atoms with Crippen molar-refractivity contribution in [3.63, 3.8) is 0 Å². The van der Waals surface area contributed by atoms with Crippen LogP contribution in [-0.4, -0.2) is 40.9 Å². The van der Waals surface area contributed by atoms with E-state index in [2.05, 4.69) is 15.3 Å². The second-order valence-electron chi connectivity index (χ2n) is 5.33. The van der Waals surface area contributed by atoms with Crippen LogP contribution in [-0.2, 0) is 4.74 Å². The number of anilines is 1. The molecule has 1 aromatic carbocycles. The van der Waals surface area contributed by atoms with Gasteiger partial charge < -0.3 is 15.2 Å². The van der Waals surface area contributed by atoms with Crippen molar-refractivity contribution in [3.8, 4) is 0 Å². The summed E-state index contributed by atoms with van der Waals surface area (Å²) in [6.45, 7) is 1.77. The number of nitrogens with zero attached hydrogens (tertiary/aromatic N) is 1. The Balaban J connectivity index is 1.69. The lowest BCUT2D eigenvalue weighted by atomic mass is 9.94. The summed E-state index contributed by atoms with van der Waals surface area (Å²) >= 11 is 0. The molecule has 0 amide bonds. The summed E-state index contributed by atoms with van der Waals surface area (Å²) in [6.07, 6.45) is 1.26. The van der Waals surface area contributed by atoms with Crippen LogP contribution in [0.3, 0.4) is 0 Å². The molecule has 112 valence electrons. The van der Waals surface area contributed by atoms with E-state index in [0.717, 1.165) is 12.8 Å². The summed E-state index contributed by atoms with van der Waals surface area (Å²) < 4.78 is 5.29. The van der Waals surface area contributed by atoms with E-state index in [1.165, 1.54) is 0 Å². The number of benzene rings is 1. The fraction of sp³-hybridized carbons (Fsp3) is 0.467. The van der Waals surface area contributed by atoms with E-state index in [0.29, 0.717) is 36.6 Å². The van der Waals surface area contributed by atoms with E-state index >= 15 is 0 Å². The summed E-state index contributed by atoms with van der Waals surface area (Å²) in [5.41, 5.74) is 0.466. The largest absolute Gasteiger partial charge is 0.391 e. The molecule has 1 aliphatic heterocycles. The third-order valence-corrected chi connectivity index (χ3v) is 3.90. The first kappa shape index (κ1) is 14.0. The van der Waals surface area contributed by atoms with E-state index in [4.69, 9.17) is 4.74 Å². The molecule has 2 aromatic rings. The van der Waals surface area contributed by atoms with Crippen molar-refractivity contribution < 1.29 is 9.84 Å². The summed E-state index contributed by atoms with van der Waals surface area (Å²) in [5.74, 6) is 0.628. The average molecular weight is 289 g/mol. The highest BCUT2D eigenvalue weighted by atomic mass is 16.5. The molecule has 6 heteroatoms. The van der Waals surface area contributed by atoms with Crippen LogP contribution in [0.2, 0.25) is 0 Å². The minimum absolute atomic E-state index is 0.177. The number of aromatic nitrogens is 2. The maximum Gasteiger partial charge on any atom is 0.260 e. The van der Waals surface area contributed by atoms with Gasteiger partial charge in [0, 0.05) is 19.8 Å². The lowest BCUT2D eigenvalue weighted by Crippen LogP contribution is -2.33. The molecule has 21 heavy (non-hydrogen) atoms. The topological polar surface area (TPSA) is 87.2 Å². The Morgan fingerprint density at radius 2 is 2.14 bits per heavy atom. The number of aromatic amines is 1. The van der Waals surface area contributed by atoms with E-state index in [9.17, 15) is 9.90 Å². The standard InChI is InChI=1S/C15H19N3O3/c19-13(10-5-7-21-8-6-10)9-16-15-17-12-4-2-1-3-11(12)14(20)18-15/h1-4,10,13,19H,5-9H2,(H2,16,17,18,20). The highest BCUT2D eigenvalue weighted by Crippen LogP contribution is 2.19. The van der Waals surface area contributed by atoms with Crippen LogP contribution < -0.4 is 10.9 Å². The normalized spacial score (nSPS) is 17.8. The van der Waals surface area contributed by atoms with Crippen LogP contribution in [0, 0.1) is 5.92 Å². The first-order chi connectivity index (χ1) is 10.2. The Bertz CT molecular complexity index is 665. The molecule has 6 nitrogen and oxygen atoms in total. The van der Waals surface area contributed by atoms with Crippen molar-refractivity contribution in [1.29, 1.82) is 0 Å². The number of aliphatic hydroxyl groups excluding tert-OH is 1. The third-order valence-electron chi connectivity index (χ3n) is 3.90. The van der Waals surface area contributed by atoms with Gasteiger partial charge in [-0.15, -0.1) is 0 Å². The van der Waals surface area contributed by atoms with Gasteiger partial charge in [0.15, 0.2) is 0 Å².